The van der Waals surface area contributed by atoms with Gasteiger partial charge in [-0.1, -0.05) is 22.0 Å². The number of aromatic nitrogens is 4. The van der Waals surface area contributed by atoms with Gasteiger partial charge in [0, 0.05) is 25.2 Å². The molecule has 3 aromatic rings. The Balaban J connectivity index is 1.44. The second-order valence-electron chi connectivity index (χ2n) is 6.55. The molecule has 2 aromatic heterocycles. The second kappa shape index (κ2) is 9.14. The molecule has 1 aliphatic heterocycles. The molecular weight excluding hydrogens is 414 g/mol. The van der Waals surface area contributed by atoms with Crippen LogP contribution in [0.1, 0.15) is 5.69 Å². The number of hydrogen-bond acceptors (Lipinski definition) is 8. The lowest BCUT2D eigenvalue weighted by Crippen LogP contribution is -2.42. The number of carbonyl (C=O) groups is 1. The van der Waals surface area contributed by atoms with Crippen LogP contribution in [0.3, 0.4) is 0 Å². The Labute approximate surface area is 177 Å². The van der Waals surface area contributed by atoms with Crippen molar-refractivity contribution in [2.24, 2.45) is 0 Å². The maximum Gasteiger partial charge on any atom is 0.244 e. The van der Waals surface area contributed by atoms with E-state index in [1.807, 2.05) is 0 Å². The Hall–Kier alpha value is -3.11. The molecule has 0 atom stereocenters. The Kier molecular flexibility index (Phi) is 6.15. The number of hydrogen-bond donors (Lipinski definition) is 0. The number of ether oxygens (including phenoxy) is 3. The predicted molar refractivity (Wildman–Crippen MR) is 105 cm³/mol. The third-order valence-corrected chi connectivity index (χ3v) is 4.88. The summed E-state index contributed by atoms with van der Waals surface area (Å²) in [6.07, 6.45) is 3.22. The highest BCUT2D eigenvalue weighted by molar-refractivity contribution is 6.32. The van der Waals surface area contributed by atoms with E-state index in [0.29, 0.717) is 59.8 Å². The summed E-state index contributed by atoms with van der Waals surface area (Å²) in [6.45, 7) is 2.54. The van der Waals surface area contributed by atoms with Crippen molar-refractivity contribution in [1.82, 2.24) is 25.1 Å². The van der Waals surface area contributed by atoms with E-state index < -0.39 is 0 Å². The van der Waals surface area contributed by atoms with Gasteiger partial charge in [-0.15, -0.1) is 5.10 Å². The largest absolute Gasteiger partial charge is 0.495 e. The van der Waals surface area contributed by atoms with E-state index in [-0.39, 0.29) is 19.1 Å². The first-order chi connectivity index (χ1) is 14.6. The van der Waals surface area contributed by atoms with Crippen LogP contribution in [0.15, 0.2) is 35.1 Å². The number of amides is 1. The number of rotatable bonds is 7. The molecule has 4 rings (SSSR count). The lowest BCUT2D eigenvalue weighted by atomic mass is 10.1. The molecule has 3 heterocycles. The summed E-state index contributed by atoms with van der Waals surface area (Å²) in [6, 6.07) is 5.07. The van der Waals surface area contributed by atoms with Crippen molar-refractivity contribution >= 4 is 17.5 Å². The summed E-state index contributed by atoms with van der Waals surface area (Å²) >= 11 is 6.24. The standard InChI is InChI=1S/C19H20ClN5O5/c1-27-18-9-17(14(8-15(18)20)16-2-3-21-30-16)29-12-13-10-25(23-22-13)11-19(26)24-4-6-28-7-5-24/h2-3,8-10H,4-7,11-12H2,1H3. The first-order valence-electron chi connectivity index (χ1n) is 9.30. The van der Waals surface area contributed by atoms with Gasteiger partial charge in [-0.3, -0.25) is 4.79 Å². The molecule has 0 unspecified atom stereocenters. The monoisotopic (exact) mass is 433 g/mol. The molecular formula is C19H20ClN5O5. The molecule has 1 amide bonds. The maximum atomic E-state index is 12.3. The molecule has 30 heavy (non-hydrogen) atoms. The first kappa shape index (κ1) is 20.2. The third-order valence-electron chi connectivity index (χ3n) is 4.58. The molecule has 0 radical (unpaired) electrons. The SMILES string of the molecule is COc1cc(OCc2cn(CC(=O)N3CCOCC3)nn2)c(-c2ccno2)cc1Cl. The van der Waals surface area contributed by atoms with Gasteiger partial charge >= 0.3 is 0 Å². The van der Waals surface area contributed by atoms with Crippen LogP contribution in [0.4, 0.5) is 0 Å². The van der Waals surface area contributed by atoms with Gasteiger partial charge in [-0.25, -0.2) is 4.68 Å². The molecule has 0 spiro atoms. The number of morpholine rings is 1. The average molecular weight is 434 g/mol. The summed E-state index contributed by atoms with van der Waals surface area (Å²) in [5, 5.41) is 12.2. The molecule has 158 valence electrons. The number of methoxy groups -OCH3 is 1. The lowest BCUT2D eigenvalue weighted by Gasteiger charge is -2.26. The number of nitrogens with zero attached hydrogens (tertiary/aromatic N) is 5. The van der Waals surface area contributed by atoms with Crippen LogP contribution in [-0.4, -0.2) is 64.4 Å². The summed E-state index contributed by atoms with van der Waals surface area (Å²) < 4.78 is 23.2. The zero-order valence-corrected chi connectivity index (χ0v) is 17.0. The van der Waals surface area contributed by atoms with Gasteiger partial charge in [-0.2, -0.15) is 0 Å². The topological polar surface area (TPSA) is 105 Å². The average Bonchev–Trinajstić information content (AvgIpc) is 3.45. The molecule has 10 nitrogen and oxygen atoms in total. The number of benzene rings is 1. The van der Waals surface area contributed by atoms with Crippen molar-refractivity contribution < 1.29 is 23.5 Å². The number of halogens is 1. The molecule has 0 N–H and O–H groups in total. The van der Waals surface area contributed by atoms with Gasteiger partial charge in [-0.05, 0) is 6.07 Å². The highest BCUT2D eigenvalue weighted by Gasteiger charge is 2.19. The van der Waals surface area contributed by atoms with Crippen LogP contribution in [0.2, 0.25) is 5.02 Å². The Bertz CT molecular complexity index is 1000. The van der Waals surface area contributed by atoms with Crippen LogP contribution < -0.4 is 9.47 Å². The molecule has 1 aromatic carbocycles. The molecule has 1 saturated heterocycles. The zero-order valence-electron chi connectivity index (χ0n) is 16.3. The molecule has 0 bridgehead atoms. The summed E-state index contributed by atoms with van der Waals surface area (Å²) in [7, 11) is 1.52. The first-order valence-corrected chi connectivity index (χ1v) is 9.68. The van der Waals surface area contributed by atoms with Crippen molar-refractivity contribution in [1.29, 1.82) is 0 Å². The number of carbonyl (C=O) groups excluding carboxylic acids is 1. The van der Waals surface area contributed by atoms with Gasteiger partial charge in [0.15, 0.2) is 5.76 Å². The minimum Gasteiger partial charge on any atom is -0.495 e. The molecule has 0 saturated carbocycles. The summed E-state index contributed by atoms with van der Waals surface area (Å²) in [5.41, 5.74) is 1.20. The van der Waals surface area contributed by atoms with Crippen molar-refractivity contribution in [2.45, 2.75) is 13.2 Å². The molecule has 1 aliphatic rings. The molecule has 0 aliphatic carbocycles. The third kappa shape index (κ3) is 4.55. The van der Waals surface area contributed by atoms with Crippen LogP contribution >= 0.6 is 11.6 Å². The maximum absolute atomic E-state index is 12.3. The van der Waals surface area contributed by atoms with E-state index in [4.69, 9.17) is 30.3 Å². The minimum absolute atomic E-state index is 0.0225. The van der Waals surface area contributed by atoms with Crippen LogP contribution in [-0.2, 0) is 22.7 Å². The Morgan fingerprint density at radius 2 is 2.10 bits per heavy atom. The van der Waals surface area contributed by atoms with Crippen LogP contribution in [0, 0.1) is 0 Å². The van der Waals surface area contributed by atoms with Crippen molar-refractivity contribution in [2.75, 3.05) is 33.4 Å². The van der Waals surface area contributed by atoms with Crippen molar-refractivity contribution in [3.63, 3.8) is 0 Å². The van der Waals surface area contributed by atoms with E-state index in [0.717, 1.165) is 0 Å². The van der Waals surface area contributed by atoms with E-state index in [1.165, 1.54) is 18.0 Å². The van der Waals surface area contributed by atoms with Crippen LogP contribution in [0.25, 0.3) is 11.3 Å². The highest BCUT2D eigenvalue weighted by atomic mass is 35.5. The molecule has 1 fully saturated rings. The minimum atomic E-state index is -0.0225. The van der Waals surface area contributed by atoms with E-state index >= 15 is 0 Å². The van der Waals surface area contributed by atoms with E-state index in [1.54, 1.807) is 29.3 Å². The lowest BCUT2D eigenvalue weighted by molar-refractivity contribution is -0.136. The Morgan fingerprint density at radius 3 is 2.83 bits per heavy atom. The quantitative estimate of drug-likeness (QED) is 0.557. The van der Waals surface area contributed by atoms with Gasteiger partial charge in [0.25, 0.3) is 0 Å². The normalized spacial score (nSPS) is 14.0. The van der Waals surface area contributed by atoms with Gasteiger partial charge in [0.05, 0.1) is 43.3 Å². The highest BCUT2D eigenvalue weighted by Crippen LogP contribution is 2.38. The fourth-order valence-electron chi connectivity index (χ4n) is 3.04. The fraction of sp³-hybridized carbons (Fsp3) is 0.368. The Morgan fingerprint density at radius 1 is 1.27 bits per heavy atom. The van der Waals surface area contributed by atoms with Crippen molar-refractivity contribution in [3.05, 3.63) is 41.3 Å². The van der Waals surface area contributed by atoms with E-state index in [9.17, 15) is 4.79 Å². The van der Waals surface area contributed by atoms with Crippen molar-refractivity contribution in [3.8, 4) is 22.8 Å². The predicted octanol–water partition coefficient (Wildman–Crippen LogP) is 2.03. The fourth-order valence-corrected chi connectivity index (χ4v) is 3.28. The summed E-state index contributed by atoms with van der Waals surface area (Å²) in [5.74, 6) is 1.45. The van der Waals surface area contributed by atoms with Crippen LogP contribution in [0.5, 0.6) is 11.5 Å². The van der Waals surface area contributed by atoms with E-state index in [2.05, 4.69) is 15.5 Å². The zero-order chi connectivity index (χ0) is 20.9. The smallest absolute Gasteiger partial charge is 0.244 e. The van der Waals surface area contributed by atoms with Gasteiger partial charge in [0.1, 0.15) is 30.3 Å². The molecule has 11 heteroatoms. The summed E-state index contributed by atoms with van der Waals surface area (Å²) in [4.78, 5) is 14.1. The van der Waals surface area contributed by atoms with Gasteiger partial charge in [0.2, 0.25) is 5.91 Å². The second-order valence-corrected chi connectivity index (χ2v) is 6.96. The van der Waals surface area contributed by atoms with Gasteiger partial charge < -0.3 is 23.6 Å².